The maximum atomic E-state index is 14.1. The molecule has 1 aliphatic rings. The summed E-state index contributed by atoms with van der Waals surface area (Å²) in [5, 5.41) is 9.03. The van der Waals surface area contributed by atoms with Crippen molar-refractivity contribution in [2.24, 2.45) is 0 Å². The van der Waals surface area contributed by atoms with Crippen LogP contribution < -0.4 is 10.5 Å². The highest BCUT2D eigenvalue weighted by Crippen LogP contribution is 2.34. The molecule has 0 spiro atoms. The van der Waals surface area contributed by atoms with Gasteiger partial charge in [-0.05, 0) is 78.6 Å². The number of sulfonamides is 1. The number of nitrogen functional groups attached to an aromatic ring is 1. The lowest BCUT2D eigenvalue weighted by Gasteiger charge is -2.25. The monoisotopic (exact) mass is 532 g/mol. The number of carboxylic acid groups (broad SMARTS) is 1. The van der Waals surface area contributed by atoms with Gasteiger partial charge in [-0.15, -0.1) is 0 Å². The lowest BCUT2D eigenvalue weighted by Crippen LogP contribution is -2.37. The molecule has 0 radical (unpaired) electrons. The molecule has 1 fully saturated rings. The summed E-state index contributed by atoms with van der Waals surface area (Å²) < 4.78 is 66.9. The number of benzene rings is 3. The predicted molar refractivity (Wildman–Crippen MR) is 132 cm³/mol. The van der Waals surface area contributed by atoms with Gasteiger partial charge in [-0.1, -0.05) is 6.07 Å². The van der Waals surface area contributed by atoms with Crippen molar-refractivity contribution in [2.75, 3.05) is 25.5 Å². The molecule has 3 N–H and O–H groups in total. The van der Waals surface area contributed by atoms with Crippen LogP contribution in [0.1, 0.15) is 18.4 Å². The molecule has 3 aromatic carbocycles. The van der Waals surface area contributed by atoms with E-state index in [0.29, 0.717) is 29.7 Å². The lowest BCUT2D eigenvalue weighted by atomic mass is 10.0. The molecule has 1 saturated heterocycles. The minimum Gasteiger partial charge on any atom is -0.481 e. The first kappa shape index (κ1) is 26.5. The topological polar surface area (TPSA) is 119 Å². The minimum atomic E-state index is -4.03. The number of nitrogens with two attached hydrogens (primary N) is 1. The molecule has 1 aliphatic heterocycles. The van der Waals surface area contributed by atoms with E-state index in [1.807, 2.05) is 0 Å². The fourth-order valence-corrected chi connectivity index (χ4v) is 5.62. The van der Waals surface area contributed by atoms with Crippen LogP contribution in [0.25, 0.3) is 11.1 Å². The van der Waals surface area contributed by atoms with E-state index in [0.717, 1.165) is 24.6 Å². The van der Waals surface area contributed by atoms with Crippen LogP contribution in [0.4, 0.5) is 14.5 Å². The molecule has 196 valence electrons. The molecule has 0 bridgehead atoms. The smallest absolute Gasteiger partial charge is 0.341 e. The summed E-state index contributed by atoms with van der Waals surface area (Å²) in [6, 6.07) is 13.2. The fourth-order valence-electron chi connectivity index (χ4n) is 4.16. The third-order valence-corrected chi connectivity index (χ3v) is 7.69. The Morgan fingerprint density at radius 1 is 1.08 bits per heavy atom. The van der Waals surface area contributed by atoms with Crippen molar-refractivity contribution >= 4 is 21.7 Å². The number of rotatable bonds is 10. The van der Waals surface area contributed by atoms with Gasteiger partial charge in [-0.2, -0.15) is 4.31 Å². The van der Waals surface area contributed by atoms with Crippen LogP contribution in [0.5, 0.6) is 5.75 Å². The number of carboxylic acids is 1. The molecule has 0 aliphatic carbocycles. The van der Waals surface area contributed by atoms with Gasteiger partial charge >= 0.3 is 5.97 Å². The zero-order valence-electron chi connectivity index (χ0n) is 19.8. The largest absolute Gasteiger partial charge is 0.481 e. The second-order valence-electron chi connectivity index (χ2n) is 8.67. The van der Waals surface area contributed by atoms with Gasteiger partial charge in [-0.25, -0.2) is 22.0 Å². The maximum Gasteiger partial charge on any atom is 0.341 e. The predicted octanol–water partition coefficient (Wildman–Crippen LogP) is 4.05. The van der Waals surface area contributed by atoms with Crippen LogP contribution in [0.2, 0.25) is 0 Å². The van der Waals surface area contributed by atoms with E-state index < -0.39 is 34.2 Å². The van der Waals surface area contributed by atoms with Crippen LogP contribution in [0.15, 0.2) is 65.6 Å². The summed E-state index contributed by atoms with van der Waals surface area (Å²) >= 11 is 0. The standard InChI is InChI=1S/C26H26F2N2O6S/c27-19-4-6-23(7-5-19)37(33,34)30(15-22-2-1-9-35-22)14-17-3-8-25(36-16-26(31)32)24(10-17)18-11-20(28)13-21(29)12-18/h3-8,10-13,22H,1-2,9,14-16,29H2,(H,31,32). The SMILES string of the molecule is Nc1cc(F)cc(-c2cc(CN(CC3CCCO3)S(=O)(=O)c3ccc(F)cc3)ccc2OCC(=O)O)c1. The Bertz CT molecular complexity index is 1360. The Morgan fingerprint density at radius 3 is 2.49 bits per heavy atom. The number of aliphatic carboxylic acids is 1. The van der Waals surface area contributed by atoms with Crippen molar-refractivity contribution in [3.8, 4) is 16.9 Å². The molecule has 1 heterocycles. The number of hydrogen-bond donors (Lipinski definition) is 2. The molecule has 3 aromatic rings. The summed E-state index contributed by atoms with van der Waals surface area (Å²) in [7, 11) is -4.03. The highest BCUT2D eigenvalue weighted by molar-refractivity contribution is 7.89. The van der Waals surface area contributed by atoms with Crippen molar-refractivity contribution in [1.82, 2.24) is 4.31 Å². The second-order valence-corrected chi connectivity index (χ2v) is 10.6. The molecule has 37 heavy (non-hydrogen) atoms. The van der Waals surface area contributed by atoms with Crippen LogP contribution >= 0.6 is 0 Å². The van der Waals surface area contributed by atoms with E-state index in [1.54, 1.807) is 12.1 Å². The molecule has 8 nitrogen and oxygen atoms in total. The zero-order valence-corrected chi connectivity index (χ0v) is 20.6. The van der Waals surface area contributed by atoms with Crippen LogP contribution in [-0.2, 0) is 26.1 Å². The van der Waals surface area contributed by atoms with Crippen molar-refractivity contribution in [2.45, 2.75) is 30.4 Å². The summed E-state index contributed by atoms with van der Waals surface area (Å²) in [6.45, 7) is -0.0765. The van der Waals surface area contributed by atoms with Crippen LogP contribution in [0.3, 0.4) is 0 Å². The zero-order chi connectivity index (χ0) is 26.6. The molecular weight excluding hydrogens is 506 g/mol. The lowest BCUT2D eigenvalue weighted by molar-refractivity contribution is -0.139. The van der Waals surface area contributed by atoms with Gasteiger partial charge in [0.2, 0.25) is 10.0 Å². The fraction of sp³-hybridized carbons (Fsp3) is 0.269. The van der Waals surface area contributed by atoms with Crippen molar-refractivity contribution in [1.29, 1.82) is 0 Å². The highest BCUT2D eigenvalue weighted by Gasteiger charge is 2.29. The average Bonchev–Trinajstić information content (AvgIpc) is 3.35. The van der Waals surface area contributed by atoms with E-state index in [4.69, 9.17) is 20.3 Å². The Morgan fingerprint density at radius 2 is 1.84 bits per heavy atom. The van der Waals surface area contributed by atoms with Gasteiger partial charge < -0.3 is 20.3 Å². The molecule has 4 rings (SSSR count). The summed E-state index contributed by atoms with van der Waals surface area (Å²) in [5.41, 5.74) is 7.18. The third-order valence-electron chi connectivity index (χ3n) is 5.87. The van der Waals surface area contributed by atoms with Crippen LogP contribution in [-0.4, -0.2) is 49.7 Å². The van der Waals surface area contributed by atoms with Gasteiger partial charge in [0.15, 0.2) is 6.61 Å². The number of halogens is 2. The molecule has 0 aromatic heterocycles. The van der Waals surface area contributed by atoms with Crippen molar-refractivity contribution in [3.05, 3.63) is 77.9 Å². The van der Waals surface area contributed by atoms with E-state index >= 15 is 0 Å². The quantitative estimate of drug-likeness (QED) is 0.378. The van der Waals surface area contributed by atoms with Crippen molar-refractivity contribution < 1.29 is 36.6 Å². The molecule has 0 amide bonds. The van der Waals surface area contributed by atoms with Gasteiger partial charge in [-0.3, -0.25) is 0 Å². The second kappa shape index (κ2) is 11.2. The normalized spacial score (nSPS) is 15.7. The first-order chi connectivity index (χ1) is 17.6. The van der Waals surface area contributed by atoms with Gasteiger partial charge in [0, 0.05) is 30.9 Å². The molecule has 1 unspecified atom stereocenters. The average molecular weight is 533 g/mol. The summed E-state index contributed by atoms with van der Waals surface area (Å²) in [6.07, 6.45) is 1.22. The highest BCUT2D eigenvalue weighted by atomic mass is 32.2. The molecular formula is C26H26F2N2O6S. The number of hydrogen-bond acceptors (Lipinski definition) is 6. The number of nitrogens with zero attached hydrogens (tertiary/aromatic N) is 1. The molecule has 0 saturated carbocycles. The number of anilines is 1. The van der Waals surface area contributed by atoms with Crippen molar-refractivity contribution in [3.63, 3.8) is 0 Å². The minimum absolute atomic E-state index is 0.0635. The summed E-state index contributed by atoms with van der Waals surface area (Å²) in [5.74, 6) is -2.17. The molecule has 1 atom stereocenters. The van der Waals surface area contributed by atoms with Crippen LogP contribution in [0, 0.1) is 11.6 Å². The Labute approximate surface area is 213 Å². The first-order valence-corrected chi connectivity index (χ1v) is 13.0. The first-order valence-electron chi connectivity index (χ1n) is 11.5. The Kier molecular flexibility index (Phi) is 8.06. The van der Waals surface area contributed by atoms with Gasteiger partial charge in [0.25, 0.3) is 0 Å². The Balaban J connectivity index is 1.72. The number of ether oxygens (including phenoxy) is 2. The summed E-state index contributed by atoms with van der Waals surface area (Å²) in [4.78, 5) is 11.0. The maximum absolute atomic E-state index is 14.1. The van der Waals surface area contributed by atoms with E-state index in [1.165, 1.54) is 34.6 Å². The van der Waals surface area contributed by atoms with E-state index in [2.05, 4.69) is 0 Å². The van der Waals surface area contributed by atoms with E-state index in [9.17, 15) is 22.0 Å². The third kappa shape index (κ3) is 6.62. The van der Waals surface area contributed by atoms with Gasteiger partial charge in [0.1, 0.15) is 17.4 Å². The van der Waals surface area contributed by atoms with Gasteiger partial charge in [0.05, 0.1) is 11.0 Å². The Hall–Kier alpha value is -3.54. The molecule has 11 heteroatoms. The number of carbonyl (C=O) groups is 1. The van der Waals surface area contributed by atoms with E-state index in [-0.39, 0.29) is 35.5 Å².